The monoisotopic (exact) mass is 254 g/mol. The van der Waals surface area contributed by atoms with Gasteiger partial charge in [-0.1, -0.05) is 6.08 Å². The van der Waals surface area contributed by atoms with Gasteiger partial charge in [0.2, 0.25) is 0 Å². The molecule has 1 fully saturated rings. The van der Waals surface area contributed by atoms with Crippen LogP contribution in [0.2, 0.25) is 0 Å². The Morgan fingerprint density at radius 2 is 2.28 bits per heavy atom. The van der Waals surface area contributed by atoms with E-state index in [9.17, 15) is 4.79 Å². The minimum absolute atomic E-state index is 0.185. The van der Waals surface area contributed by atoms with E-state index in [0.29, 0.717) is 0 Å². The maximum Gasteiger partial charge on any atom is 0.410 e. The molecule has 1 aliphatic rings. The van der Waals surface area contributed by atoms with Crippen LogP contribution in [0.1, 0.15) is 40.0 Å². The molecule has 0 aromatic heterocycles. The highest BCUT2D eigenvalue weighted by Crippen LogP contribution is 2.20. The molecule has 1 saturated heterocycles. The molecule has 18 heavy (non-hydrogen) atoms. The van der Waals surface area contributed by atoms with Crippen molar-refractivity contribution >= 4 is 6.09 Å². The molecule has 0 radical (unpaired) electrons. The van der Waals surface area contributed by atoms with Gasteiger partial charge in [-0.2, -0.15) is 0 Å². The van der Waals surface area contributed by atoms with E-state index in [1.54, 1.807) is 0 Å². The van der Waals surface area contributed by atoms with Crippen molar-refractivity contribution < 1.29 is 9.53 Å². The number of rotatable bonds is 5. The van der Waals surface area contributed by atoms with Gasteiger partial charge in [0.05, 0.1) is 0 Å². The number of nitrogens with one attached hydrogen (secondary N) is 1. The summed E-state index contributed by atoms with van der Waals surface area (Å²) < 4.78 is 5.42. The van der Waals surface area contributed by atoms with Crippen LogP contribution in [0.25, 0.3) is 0 Å². The van der Waals surface area contributed by atoms with Gasteiger partial charge in [-0.25, -0.2) is 4.79 Å². The van der Waals surface area contributed by atoms with Crippen LogP contribution >= 0.6 is 0 Å². The smallest absolute Gasteiger partial charge is 0.410 e. The highest BCUT2D eigenvalue weighted by molar-refractivity contribution is 5.69. The lowest BCUT2D eigenvalue weighted by Crippen LogP contribution is -2.44. The molecule has 1 amide bonds. The maximum atomic E-state index is 12.0. The largest absolute Gasteiger partial charge is 0.444 e. The molecule has 1 atom stereocenters. The Kier molecular flexibility index (Phi) is 5.66. The summed E-state index contributed by atoms with van der Waals surface area (Å²) in [6, 6.07) is 0.268. The highest BCUT2D eigenvalue weighted by atomic mass is 16.6. The fourth-order valence-corrected chi connectivity index (χ4v) is 2.08. The average molecular weight is 254 g/mol. The molecule has 0 saturated carbocycles. The van der Waals surface area contributed by atoms with E-state index in [0.717, 1.165) is 38.9 Å². The van der Waals surface area contributed by atoms with Gasteiger partial charge in [0.1, 0.15) is 5.60 Å². The summed E-state index contributed by atoms with van der Waals surface area (Å²) in [6.07, 6.45) is 4.79. The van der Waals surface area contributed by atoms with Gasteiger partial charge in [0.15, 0.2) is 0 Å². The Morgan fingerprint density at radius 3 is 2.89 bits per heavy atom. The van der Waals surface area contributed by atoms with Crippen molar-refractivity contribution in [3.8, 4) is 0 Å². The Bertz CT molecular complexity index is 284. The zero-order chi connectivity index (χ0) is 13.6. The second-order valence-electron chi connectivity index (χ2n) is 5.75. The van der Waals surface area contributed by atoms with E-state index in [-0.39, 0.29) is 12.1 Å². The number of ether oxygens (including phenoxy) is 1. The lowest BCUT2D eigenvalue weighted by atomic mass is 10.2. The number of nitrogens with zero attached hydrogens (tertiary/aromatic N) is 1. The molecule has 1 aliphatic heterocycles. The SMILES string of the molecule is C=CCCNCC1CCCN1C(=O)OC(C)(C)C. The second kappa shape index (κ2) is 6.78. The fraction of sp³-hybridized carbons (Fsp3) is 0.786. The number of carbonyl (C=O) groups excluding carboxylic acids is 1. The third kappa shape index (κ3) is 5.08. The third-order valence-electron chi connectivity index (χ3n) is 2.91. The first-order valence-corrected chi connectivity index (χ1v) is 6.75. The standard InChI is InChI=1S/C14H26N2O2/c1-5-6-9-15-11-12-8-7-10-16(12)13(17)18-14(2,3)4/h5,12,15H,1,6-11H2,2-4H3. The molecule has 0 bridgehead atoms. The summed E-state index contributed by atoms with van der Waals surface area (Å²) in [4.78, 5) is 13.9. The van der Waals surface area contributed by atoms with Crippen LogP contribution in [0.4, 0.5) is 4.79 Å². The van der Waals surface area contributed by atoms with E-state index < -0.39 is 5.60 Å². The number of hydrogen-bond donors (Lipinski definition) is 1. The molecule has 0 aliphatic carbocycles. The van der Waals surface area contributed by atoms with Crippen LogP contribution in [0.3, 0.4) is 0 Å². The van der Waals surface area contributed by atoms with E-state index in [2.05, 4.69) is 11.9 Å². The summed E-state index contributed by atoms with van der Waals surface area (Å²) in [7, 11) is 0. The Balaban J connectivity index is 2.39. The maximum absolute atomic E-state index is 12.0. The van der Waals surface area contributed by atoms with E-state index in [4.69, 9.17) is 4.74 Å². The van der Waals surface area contributed by atoms with Crippen LogP contribution in [-0.2, 0) is 4.74 Å². The molecule has 4 heteroatoms. The number of hydrogen-bond acceptors (Lipinski definition) is 3. The van der Waals surface area contributed by atoms with Crippen molar-refractivity contribution in [3.63, 3.8) is 0 Å². The van der Waals surface area contributed by atoms with Crippen molar-refractivity contribution in [3.05, 3.63) is 12.7 Å². The first-order chi connectivity index (χ1) is 8.44. The van der Waals surface area contributed by atoms with Crippen molar-refractivity contribution in [2.45, 2.75) is 51.7 Å². The third-order valence-corrected chi connectivity index (χ3v) is 2.91. The van der Waals surface area contributed by atoms with Crippen molar-refractivity contribution in [2.75, 3.05) is 19.6 Å². The van der Waals surface area contributed by atoms with Gasteiger partial charge in [0, 0.05) is 19.1 Å². The Labute approximate surface area is 110 Å². The minimum atomic E-state index is -0.416. The predicted molar refractivity (Wildman–Crippen MR) is 73.6 cm³/mol. The highest BCUT2D eigenvalue weighted by Gasteiger charge is 2.31. The van der Waals surface area contributed by atoms with Crippen molar-refractivity contribution in [2.24, 2.45) is 0 Å². The summed E-state index contributed by atoms with van der Waals surface area (Å²) in [5.74, 6) is 0. The fourth-order valence-electron chi connectivity index (χ4n) is 2.08. The Morgan fingerprint density at radius 1 is 1.56 bits per heavy atom. The molecule has 1 rings (SSSR count). The van der Waals surface area contributed by atoms with Crippen LogP contribution in [0.15, 0.2) is 12.7 Å². The normalized spacial score (nSPS) is 19.9. The molecular formula is C14H26N2O2. The van der Waals surface area contributed by atoms with E-state index >= 15 is 0 Å². The van der Waals surface area contributed by atoms with E-state index in [1.165, 1.54) is 0 Å². The number of carbonyl (C=O) groups is 1. The topological polar surface area (TPSA) is 41.6 Å². The average Bonchev–Trinajstić information content (AvgIpc) is 2.70. The quantitative estimate of drug-likeness (QED) is 0.605. The van der Waals surface area contributed by atoms with Gasteiger partial charge < -0.3 is 15.0 Å². The van der Waals surface area contributed by atoms with Gasteiger partial charge in [-0.15, -0.1) is 6.58 Å². The lowest BCUT2D eigenvalue weighted by Gasteiger charge is -2.28. The number of likely N-dealkylation sites (tertiary alicyclic amines) is 1. The van der Waals surface area contributed by atoms with E-state index in [1.807, 2.05) is 31.7 Å². The second-order valence-corrected chi connectivity index (χ2v) is 5.75. The zero-order valence-corrected chi connectivity index (χ0v) is 11.9. The summed E-state index contributed by atoms with van der Waals surface area (Å²) >= 11 is 0. The molecule has 0 spiro atoms. The molecule has 1 unspecified atom stereocenters. The van der Waals surface area contributed by atoms with Gasteiger partial charge in [-0.05, 0) is 46.6 Å². The molecule has 4 nitrogen and oxygen atoms in total. The summed E-state index contributed by atoms with van der Waals surface area (Å²) in [5.41, 5.74) is -0.416. The van der Waals surface area contributed by atoms with Gasteiger partial charge in [0.25, 0.3) is 0 Å². The molecule has 1 N–H and O–H groups in total. The minimum Gasteiger partial charge on any atom is -0.444 e. The van der Waals surface area contributed by atoms with Crippen LogP contribution < -0.4 is 5.32 Å². The molecule has 0 aromatic carbocycles. The first kappa shape index (κ1) is 15.0. The summed E-state index contributed by atoms with van der Waals surface area (Å²) in [5, 5.41) is 3.36. The van der Waals surface area contributed by atoms with Gasteiger partial charge >= 0.3 is 6.09 Å². The number of amides is 1. The van der Waals surface area contributed by atoms with Crippen molar-refractivity contribution in [1.82, 2.24) is 10.2 Å². The molecule has 0 aromatic rings. The molecule has 1 heterocycles. The van der Waals surface area contributed by atoms with Gasteiger partial charge in [-0.3, -0.25) is 0 Å². The van der Waals surface area contributed by atoms with Crippen LogP contribution in [0.5, 0.6) is 0 Å². The van der Waals surface area contributed by atoms with Crippen LogP contribution in [-0.4, -0.2) is 42.3 Å². The molecule has 104 valence electrons. The first-order valence-electron chi connectivity index (χ1n) is 6.75. The van der Waals surface area contributed by atoms with Crippen molar-refractivity contribution in [1.29, 1.82) is 0 Å². The summed E-state index contributed by atoms with van der Waals surface area (Å²) in [6.45, 7) is 12.0. The lowest BCUT2D eigenvalue weighted by molar-refractivity contribution is 0.0227. The zero-order valence-electron chi connectivity index (χ0n) is 11.9. The molecular weight excluding hydrogens is 228 g/mol. The predicted octanol–water partition coefficient (Wildman–Crippen LogP) is 2.55. The van der Waals surface area contributed by atoms with Crippen LogP contribution in [0, 0.1) is 0 Å². The Hall–Kier alpha value is -1.03.